The second-order valence-electron chi connectivity index (χ2n) is 4.43. The lowest BCUT2D eigenvalue weighted by Crippen LogP contribution is -2.24. The van der Waals surface area contributed by atoms with Crippen LogP contribution in [0, 0.1) is 0 Å². The van der Waals surface area contributed by atoms with Gasteiger partial charge in [0.1, 0.15) is 6.26 Å². The molecule has 0 aliphatic rings. The molecule has 1 aromatic rings. The molecule has 0 aromatic carbocycles. The maximum Gasteiger partial charge on any atom is 0.360 e. The van der Waals surface area contributed by atoms with E-state index in [1.807, 2.05) is 18.9 Å². The van der Waals surface area contributed by atoms with Crippen molar-refractivity contribution in [1.29, 1.82) is 0 Å². The van der Waals surface area contributed by atoms with Crippen LogP contribution in [0.1, 0.15) is 44.1 Å². The van der Waals surface area contributed by atoms with Gasteiger partial charge in [0.15, 0.2) is 5.69 Å². The van der Waals surface area contributed by atoms with Crippen LogP contribution in [-0.2, 0) is 9.47 Å². The molecule has 0 radical (unpaired) electrons. The fraction of sp³-hybridized carbons (Fsp3) is 0.714. The highest BCUT2D eigenvalue weighted by molar-refractivity contribution is 5.87. The van der Waals surface area contributed by atoms with E-state index in [9.17, 15) is 4.79 Å². The minimum Gasteiger partial charge on any atom is -0.461 e. The van der Waals surface area contributed by atoms with Crippen LogP contribution in [0.15, 0.2) is 10.7 Å². The number of rotatable bonds is 9. The Morgan fingerprint density at radius 2 is 2.15 bits per heavy atom. The smallest absolute Gasteiger partial charge is 0.360 e. The number of ether oxygens (including phenoxy) is 2. The fourth-order valence-electron chi connectivity index (χ4n) is 1.81. The topological polar surface area (TPSA) is 64.8 Å². The van der Waals surface area contributed by atoms with E-state index in [0.29, 0.717) is 19.2 Å². The number of aromatic nitrogens is 1. The molecule has 1 heterocycles. The van der Waals surface area contributed by atoms with Crippen LogP contribution >= 0.6 is 0 Å². The molecule has 0 aliphatic carbocycles. The molecule has 1 aromatic heterocycles. The third kappa shape index (κ3) is 4.85. The van der Waals surface area contributed by atoms with E-state index < -0.39 is 5.97 Å². The lowest BCUT2D eigenvalue weighted by Gasteiger charge is -2.19. The van der Waals surface area contributed by atoms with Gasteiger partial charge in [-0.1, -0.05) is 6.92 Å². The fourth-order valence-corrected chi connectivity index (χ4v) is 1.81. The highest BCUT2D eigenvalue weighted by atomic mass is 16.5. The number of hydrogen-bond acceptors (Lipinski definition) is 6. The van der Waals surface area contributed by atoms with Gasteiger partial charge in [0.2, 0.25) is 0 Å². The summed E-state index contributed by atoms with van der Waals surface area (Å²) in [5, 5.41) is 0. The zero-order valence-corrected chi connectivity index (χ0v) is 12.7. The van der Waals surface area contributed by atoms with E-state index in [4.69, 9.17) is 13.9 Å². The summed E-state index contributed by atoms with van der Waals surface area (Å²) in [7, 11) is 1.87. The summed E-state index contributed by atoms with van der Waals surface area (Å²) in [6.45, 7) is 7.64. The summed E-state index contributed by atoms with van der Waals surface area (Å²) in [6.07, 6.45) is 3.42. The molecule has 0 aliphatic heterocycles. The van der Waals surface area contributed by atoms with Crippen molar-refractivity contribution in [2.24, 2.45) is 0 Å². The average Bonchev–Trinajstić information content (AvgIpc) is 2.93. The predicted molar refractivity (Wildman–Crippen MR) is 76.1 cm³/mol. The van der Waals surface area contributed by atoms with Gasteiger partial charge in [0, 0.05) is 20.2 Å². The number of nitrogens with zero attached hydrogens (tertiary/aromatic N) is 2. The molecule has 0 N–H and O–H groups in total. The number of esters is 1. The molecule has 0 amide bonds. The van der Waals surface area contributed by atoms with E-state index in [-0.39, 0.29) is 11.8 Å². The molecule has 6 nitrogen and oxygen atoms in total. The molecule has 114 valence electrons. The van der Waals surface area contributed by atoms with Crippen molar-refractivity contribution in [2.45, 2.75) is 39.7 Å². The van der Waals surface area contributed by atoms with Crippen molar-refractivity contribution < 1.29 is 18.7 Å². The molecule has 20 heavy (non-hydrogen) atoms. The van der Waals surface area contributed by atoms with Gasteiger partial charge in [0.05, 0.1) is 12.7 Å². The summed E-state index contributed by atoms with van der Waals surface area (Å²) in [6, 6.07) is 0.416. The number of carbonyl (C=O) groups is 1. The highest BCUT2D eigenvalue weighted by Gasteiger charge is 2.16. The number of oxazole rings is 1. The van der Waals surface area contributed by atoms with Crippen molar-refractivity contribution >= 4 is 12.0 Å². The Morgan fingerprint density at radius 1 is 1.40 bits per heavy atom. The van der Waals surface area contributed by atoms with Crippen molar-refractivity contribution in [1.82, 2.24) is 4.98 Å². The molecular weight excluding hydrogens is 260 g/mol. The van der Waals surface area contributed by atoms with Crippen molar-refractivity contribution in [3.63, 3.8) is 0 Å². The largest absolute Gasteiger partial charge is 0.461 e. The Bertz CT molecular complexity index is 406. The van der Waals surface area contributed by atoms with Gasteiger partial charge < -0.3 is 18.8 Å². The summed E-state index contributed by atoms with van der Waals surface area (Å²) < 4.78 is 15.8. The first-order valence-electron chi connectivity index (χ1n) is 7.07. The van der Waals surface area contributed by atoms with Crippen LogP contribution in [-0.4, -0.2) is 43.9 Å². The Kier molecular flexibility index (Phi) is 7.08. The summed E-state index contributed by atoms with van der Waals surface area (Å²) in [5.74, 6) is -0.461. The Balaban J connectivity index is 2.51. The van der Waals surface area contributed by atoms with Crippen molar-refractivity contribution in [3.05, 3.63) is 12.0 Å². The van der Waals surface area contributed by atoms with Gasteiger partial charge in [-0.05, 0) is 26.7 Å². The minimum absolute atomic E-state index is 0.200. The molecule has 1 unspecified atom stereocenters. The van der Waals surface area contributed by atoms with Gasteiger partial charge in [0.25, 0.3) is 6.01 Å². The van der Waals surface area contributed by atoms with Gasteiger partial charge in [-0.25, -0.2) is 4.79 Å². The van der Waals surface area contributed by atoms with Crippen molar-refractivity contribution in [3.8, 4) is 0 Å². The third-order valence-electron chi connectivity index (χ3n) is 2.95. The Hall–Kier alpha value is -1.56. The highest BCUT2D eigenvalue weighted by Crippen LogP contribution is 2.14. The first-order chi connectivity index (χ1) is 9.62. The molecule has 0 saturated carbocycles. The molecule has 0 spiro atoms. The van der Waals surface area contributed by atoms with Gasteiger partial charge in [-0.2, -0.15) is 4.98 Å². The zero-order valence-electron chi connectivity index (χ0n) is 12.7. The number of hydrogen-bond donors (Lipinski definition) is 0. The van der Waals surface area contributed by atoms with Crippen LogP contribution in [0.3, 0.4) is 0 Å². The summed E-state index contributed by atoms with van der Waals surface area (Å²) in [5.41, 5.74) is 0.200. The zero-order chi connectivity index (χ0) is 15.0. The summed E-state index contributed by atoms with van der Waals surface area (Å²) >= 11 is 0. The van der Waals surface area contributed by atoms with E-state index in [1.54, 1.807) is 6.92 Å². The number of anilines is 1. The molecule has 1 rings (SSSR count). The Morgan fingerprint density at radius 3 is 2.75 bits per heavy atom. The van der Waals surface area contributed by atoms with E-state index in [2.05, 4.69) is 11.9 Å². The van der Waals surface area contributed by atoms with E-state index >= 15 is 0 Å². The van der Waals surface area contributed by atoms with Crippen LogP contribution in [0.2, 0.25) is 0 Å². The summed E-state index contributed by atoms with van der Waals surface area (Å²) in [4.78, 5) is 17.5. The van der Waals surface area contributed by atoms with E-state index in [1.165, 1.54) is 6.26 Å². The van der Waals surface area contributed by atoms with E-state index in [0.717, 1.165) is 19.4 Å². The van der Waals surface area contributed by atoms with Crippen LogP contribution in [0.25, 0.3) is 0 Å². The molecule has 1 atom stereocenters. The lowest BCUT2D eigenvalue weighted by molar-refractivity contribution is 0.0519. The minimum atomic E-state index is -0.461. The molecule has 0 fully saturated rings. The second-order valence-corrected chi connectivity index (χ2v) is 4.43. The first-order valence-corrected chi connectivity index (χ1v) is 7.07. The van der Waals surface area contributed by atoms with Crippen LogP contribution in [0.4, 0.5) is 6.01 Å². The molecule has 0 bridgehead atoms. The third-order valence-corrected chi connectivity index (χ3v) is 2.95. The van der Waals surface area contributed by atoms with Gasteiger partial charge >= 0.3 is 5.97 Å². The molecule has 0 saturated heterocycles. The Labute approximate surface area is 120 Å². The monoisotopic (exact) mass is 284 g/mol. The van der Waals surface area contributed by atoms with Crippen molar-refractivity contribution in [2.75, 3.05) is 31.7 Å². The molecule has 6 heteroatoms. The predicted octanol–water partition coefficient (Wildman–Crippen LogP) is 2.49. The van der Waals surface area contributed by atoms with Gasteiger partial charge in [-0.15, -0.1) is 0 Å². The average molecular weight is 284 g/mol. The first kappa shape index (κ1) is 16.5. The maximum absolute atomic E-state index is 11.5. The normalized spacial score (nSPS) is 12.2. The van der Waals surface area contributed by atoms with Gasteiger partial charge in [-0.3, -0.25) is 0 Å². The maximum atomic E-state index is 11.5. The number of carbonyl (C=O) groups excluding carboxylic acids is 1. The molecular formula is C14H24N2O4. The second kappa shape index (κ2) is 8.58. The quantitative estimate of drug-likeness (QED) is 0.649. The lowest BCUT2D eigenvalue weighted by atomic mass is 10.2. The SMILES string of the molecule is CCOC(=O)c1coc(N(C)CCC(CC)OCC)n1. The standard InChI is InChI=1S/C14H24N2O4/c1-5-11(18-6-2)8-9-16(4)14-15-12(10-20-14)13(17)19-7-3/h10-11H,5-9H2,1-4H3. The van der Waals surface area contributed by atoms with Crippen LogP contribution in [0.5, 0.6) is 0 Å². The van der Waals surface area contributed by atoms with Crippen LogP contribution < -0.4 is 4.90 Å².